The second-order valence-corrected chi connectivity index (χ2v) is 7.53. The largest absolute Gasteiger partial charge is 0.335 e. The molecule has 0 aliphatic heterocycles. The van der Waals surface area contributed by atoms with Gasteiger partial charge < -0.3 is 10.7 Å². The van der Waals surface area contributed by atoms with Gasteiger partial charge in [-0.15, -0.1) is 0 Å². The van der Waals surface area contributed by atoms with Gasteiger partial charge in [0.25, 0.3) is 10.0 Å². The molecule has 0 spiro atoms. The number of aromatic amines is 1. The quantitative estimate of drug-likeness (QED) is 0.858. The monoisotopic (exact) mass is 300 g/mol. The van der Waals surface area contributed by atoms with Gasteiger partial charge in [-0.3, -0.25) is 0 Å². The Bertz CT molecular complexity index is 519. The molecule has 3 N–H and O–H groups in total. The molecule has 0 bridgehead atoms. The van der Waals surface area contributed by atoms with Gasteiger partial charge in [0.05, 0.1) is 12.5 Å². The summed E-state index contributed by atoms with van der Waals surface area (Å²) in [6, 6.07) is 0. The summed E-state index contributed by atoms with van der Waals surface area (Å²) in [5.74, 6) is 0.642. The van der Waals surface area contributed by atoms with Gasteiger partial charge >= 0.3 is 0 Å². The molecule has 1 aromatic rings. The number of nitrogens with two attached hydrogens (primary N) is 1. The van der Waals surface area contributed by atoms with E-state index in [-0.39, 0.29) is 5.03 Å². The van der Waals surface area contributed by atoms with Crippen LogP contribution in [0.1, 0.15) is 39.5 Å². The van der Waals surface area contributed by atoms with Crippen molar-refractivity contribution < 1.29 is 8.42 Å². The standard InChI is InChI=1S/C13H24N4O2S/c1-3-17(20(18,19)12-8-15-10-16-12)13(9-14)6-4-11(2)5-7-13/h8,10-11H,3-7,9,14H2,1-2H3,(H,15,16). The molecule has 2 rings (SSSR count). The van der Waals surface area contributed by atoms with E-state index in [0.717, 1.165) is 25.7 Å². The molecule has 0 radical (unpaired) electrons. The van der Waals surface area contributed by atoms with Crippen molar-refractivity contribution in [3.05, 3.63) is 12.5 Å². The fourth-order valence-electron chi connectivity index (χ4n) is 3.12. The lowest BCUT2D eigenvalue weighted by molar-refractivity contribution is 0.119. The normalized spacial score (nSPS) is 27.9. The Hall–Kier alpha value is -0.920. The third-order valence-corrected chi connectivity index (χ3v) is 6.45. The molecule has 20 heavy (non-hydrogen) atoms. The molecular formula is C13H24N4O2S. The fraction of sp³-hybridized carbons (Fsp3) is 0.769. The average molecular weight is 300 g/mol. The van der Waals surface area contributed by atoms with Gasteiger partial charge in [-0.25, -0.2) is 13.4 Å². The van der Waals surface area contributed by atoms with Crippen LogP contribution in [-0.4, -0.2) is 41.3 Å². The van der Waals surface area contributed by atoms with Crippen LogP contribution in [0.3, 0.4) is 0 Å². The third kappa shape index (κ3) is 2.62. The number of hydrogen-bond donors (Lipinski definition) is 2. The number of likely N-dealkylation sites (N-methyl/N-ethyl adjacent to an activating group) is 1. The van der Waals surface area contributed by atoms with Gasteiger partial charge in [-0.2, -0.15) is 4.31 Å². The number of aromatic nitrogens is 2. The number of H-pyrrole nitrogens is 1. The number of nitrogens with one attached hydrogen (secondary N) is 1. The maximum atomic E-state index is 12.8. The molecule has 0 atom stereocenters. The summed E-state index contributed by atoms with van der Waals surface area (Å²) in [6.45, 7) is 4.86. The van der Waals surface area contributed by atoms with E-state index >= 15 is 0 Å². The van der Waals surface area contributed by atoms with Crippen molar-refractivity contribution >= 4 is 10.0 Å². The van der Waals surface area contributed by atoms with E-state index in [1.165, 1.54) is 12.5 Å². The number of imidazole rings is 1. The topological polar surface area (TPSA) is 92.1 Å². The van der Waals surface area contributed by atoms with Crippen LogP contribution in [0.2, 0.25) is 0 Å². The summed E-state index contributed by atoms with van der Waals surface area (Å²) in [5, 5.41) is 0.144. The van der Waals surface area contributed by atoms with E-state index in [1.54, 1.807) is 4.31 Å². The minimum Gasteiger partial charge on any atom is -0.335 e. The Balaban J connectivity index is 2.35. The molecule has 0 saturated heterocycles. The van der Waals surface area contributed by atoms with E-state index < -0.39 is 15.6 Å². The molecule has 7 heteroatoms. The highest BCUT2D eigenvalue weighted by atomic mass is 32.2. The molecule has 0 aromatic carbocycles. The lowest BCUT2D eigenvalue weighted by Gasteiger charge is -2.45. The van der Waals surface area contributed by atoms with E-state index in [4.69, 9.17) is 5.73 Å². The van der Waals surface area contributed by atoms with Crippen LogP contribution >= 0.6 is 0 Å². The molecule has 0 amide bonds. The second-order valence-electron chi connectivity index (χ2n) is 5.70. The maximum Gasteiger partial charge on any atom is 0.260 e. The lowest BCUT2D eigenvalue weighted by Crippen LogP contribution is -2.57. The van der Waals surface area contributed by atoms with E-state index in [2.05, 4.69) is 16.9 Å². The molecule has 0 unspecified atom stereocenters. The van der Waals surface area contributed by atoms with Gasteiger partial charge in [0.1, 0.15) is 0 Å². The molecule has 1 aromatic heterocycles. The van der Waals surface area contributed by atoms with Gasteiger partial charge in [0.15, 0.2) is 5.03 Å². The van der Waals surface area contributed by atoms with Crippen molar-refractivity contribution in [1.29, 1.82) is 0 Å². The molecule has 114 valence electrons. The number of rotatable bonds is 5. The average Bonchev–Trinajstić information content (AvgIpc) is 2.96. The van der Waals surface area contributed by atoms with Crippen LogP contribution < -0.4 is 5.73 Å². The zero-order chi connectivity index (χ0) is 14.8. The van der Waals surface area contributed by atoms with E-state index in [9.17, 15) is 8.42 Å². The minimum atomic E-state index is -3.56. The summed E-state index contributed by atoms with van der Waals surface area (Å²) >= 11 is 0. The van der Waals surface area contributed by atoms with Crippen LogP contribution in [0.5, 0.6) is 0 Å². The first-order chi connectivity index (χ1) is 9.46. The Morgan fingerprint density at radius 1 is 1.50 bits per heavy atom. The summed E-state index contributed by atoms with van der Waals surface area (Å²) in [6.07, 6.45) is 6.43. The summed E-state index contributed by atoms with van der Waals surface area (Å²) < 4.78 is 27.1. The predicted molar refractivity (Wildman–Crippen MR) is 77.6 cm³/mol. The highest BCUT2D eigenvalue weighted by Gasteiger charge is 2.44. The molecule has 1 saturated carbocycles. The zero-order valence-electron chi connectivity index (χ0n) is 12.2. The van der Waals surface area contributed by atoms with Crippen molar-refractivity contribution in [1.82, 2.24) is 14.3 Å². The van der Waals surface area contributed by atoms with E-state index in [0.29, 0.717) is 19.0 Å². The minimum absolute atomic E-state index is 0.144. The first-order valence-corrected chi connectivity index (χ1v) is 8.61. The Kier molecular flexibility index (Phi) is 4.51. The van der Waals surface area contributed by atoms with Gasteiger partial charge in [-0.1, -0.05) is 13.8 Å². The Morgan fingerprint density at radius 3 is 2.60 bits per heavy atom. The van der Waals surface area contributed by atoms with Crippen LogP contribution in [0.25, 0.3) is 0 Å². The van der Waals surface area contributed by atoms with Crippen LogP contribution in [-0.2, 0) is 10.0 Å². The fourth-order valence-corrected chi connectivity index (χ4v) is 4.86. The van der Waals surface area contributed by atoms with Gasteiger partial charge in [0, 0.05) is 18.6 Å². The van der Waals surface area contributed by atoms with Crippen molar-refractivity contribution in [2.45, 2.75) is 50.1 Å². The summed E-state index contributed by atoms with van der Waals surface area (Å²) in [4.78, 5) is 6.52. The smallest absolute Gasteiger partial charge is 0.260 e. The van der Waals surface area contributed by atoms with Crippen LogP contribution in [0.15, 0.2) is 17.6 Å². The van der Waals surface area contributed by atoms with E-state index in [1.807, 2.05) is 6.92 Å². The molecule has 1 aliphatic rings. The highest BCUT2D eigenvalue weighted by Crippen LogP contribution is 2.38. The summed E-state index contributed by atoms with van der Waals surface area (Å²) in [5.41, 5.74) is 5.53. The maximum absolute atomic E-state index is 12.8. The van der Waals surface area contributed by atoms with Crippen molar-refractivity contribution in [2.24, 2.45) is 11.7 Å². The molecular weight excluding hydrogens is 276 g/mol. The van der Waals surface area contributed by atoms with Crippen LogP contribution in [0, 0.1) is 5.92 Å². The third-order valence-electron chi connectivity index (χ3n) is 4.44. The number of sulfonamides is 1. The van der Waals surface area contributed by atoms with Crippen LogP contribution in [0.4, 0.5) is 0 Å². The molecule has 1 fully saturated rings. The Labute approximate surface area is 120 Å². The van der Waals surface area contributed by atoms with Gasteiger partial charge in [-0.05, 0) is 31.6 Å². The highest BCUT2D eigenvalue weighted by molar-refractivity contribution is 7.89. The predicted octanol–water partition coefficient (Wildman–Crippen LogP) is 1.33. The van der Waals surface area contributed by atoms with Gasteiger partial charge in [0.2, 0.25) is 0 Å². The van der Waals surface area contributed by atoms with Crippen molar-refractivity contribution in [3.63, 3.8) is 0 Å². The summed E-state index contributed by atoms with van der Waals surface area (Å²) in [7, 11) is -3.56. The number of hydrogen-bond acceptors (Lipinski definition) is 4. The first-order valence-electron chi connectivity index (χ1n) is 7.17. The Morgan fingerprint density at radius 2 is 2.15 bits per heavy atom. The zero-order valence-corrected chi connectivity index (χ0v) is 13.0. The first kappa shape index (κ1) is 15.5. The second kappa shape index (κ2) is 5.83. The molecule has 1 aliphatic carbocycles. The molecule has 1 heterocycles. The van der Waals surface area contributed by atoms with Crippen molar-refractivity contribution in [3.8, 4) is 0 Å². The van der Waals surface area contributed by atoms with Crippen molar-refractivity contribution in [2.75, 3.05) is 13.1 Å². The lowest BCUT2D eigenvalue weighted by atomic mass is 9.77. The SMILES string of the molecule is CCN(C1(CN)CCC(C)CC1)S(=O)(=O)c1cnc[nH]1. The molecule has 6 nitrogen and oxygen atoms in total. The number of nitrogens with zero attached hydrogens (tertiary/aromatic N) is 2.